The van der Waals surface area contributed by atoms with Gasteiger partial charge >= 0.3 is 11.4 Å². The second kappa shape index (κ2) is 10.4. The molecule has 1 atom stereocenters. The molecule has 0 aliphatic carbocycles. The van der Waals surface area contributed by atoms with Crippen LogP contribution < -0.4 is 21.4 Å². The number of Topliss-reactive ketones (excluding diaryl/α,β-unsaturated/α-hetero) is 1. The molecule has 4 rings (SSSR count). The highest BCUT2D eigenvalue weighted by Crippen LogP contribution is 2.23. The van der Waals surface area contributed by atoms with E-state index in [1.54, 1.807) is 61.5 Å². The minimum atomic E-state index is -0.939. The molecule has 0 spiro atoms. The normalized spacial score (nSPS) is 11.7. The van der Waals surface area contributed by atoms with Crippen LogP contribution in [0.15, 0.2) is 75.0 Å². The molecule has 0 aliphatic heterocycles. The predicted molar refractivity (Wildman–Crippen MR) is 130 cm³/mol. The molecule has 2 aromatic heterocycles. The van der Waals surface area contributed by atoms with Crippen LogP contribution in [0.3, 0.4) is 0 Å². The molecule has 0 bridgehead atoms. The van der Waals surface area contributed by atoms with E-state index < -0.39 is 17.4 Å². The molecule has 2 aromatic carbocycles. The summed E-state index contributed by atoms with van der Waals surface area (Å²) in [5.41, 5.74) is -0.144. The molecule has 0 fully saturated rings. The molecule has 0 aliphatic rings. The van der Waals surface area contributed by atoms with Gasteiger partial charge in [0.15, 0.2) is 5.78 Å². The van der Waals surface area contributed by atoms with Crippen molar-refractivity contribution in [1.29, 1.82) is 0 Å². The monoisotopic (exact) mass is 495 g/mol. The van der Waals surface area contributed by atoms with E-state index in [9.17, 15) is 14.4 Å². The van der Waals surface area contributed by atoms with E-state index in [-0.39, 0.29) is 24.7 Å². The first-order valence-electron chi connectivity index (χ1n) is 10.8. The van der Waals surface area contributed by atoms with Crippen molar-refractivity contribution in [2.45, 2.75) is 32.9 Å². The first-order valence-corrected chi connectivity index (χ1v) is 11.2. The molecule has 0 saturated heterocycles. The number of ketones is 1. The zero-order valence-corrected chi connectivity index (χ0v) is 19.7. The Morgan fingerprint density at radius 1 is 1.11 bits per heavy atom. The Morgan fingerprint density at radius 3 is 2.46 bits per heavy atom. The zero-order chi connectivity index (χ0) is 24.9. The van der Waals surface area contributed by atoms with Gasteiger partial charge in [0.2, 0.25) is 5.95 Å². The summed E-state index contributed by atoms with van der Waals surface area (Å²) in [7, 11) is 0. The van der Waals surface area contributed by atoms with Crippen LogP contribution in [0.2, 0.25) is 5.02 Å². The van der Waals surface area contributed by atoms with Gasteiger partial charge in [0.05, 0.1) is 12.6 Å². The number of aromatic nitrogens is 4. The van der Waals surface area contributed by atoms with Crippen LogP contribution in [0.5, 0.6) is 11.6 Å². The molecular weight excluding hydrogens is 474 g/mol. The molecule has 0 amide bonds. The number of halogens is 1. The topological polar surface area (TPSA) is 121 Å². The Labute approximate surface area is 204 Å². The summed E-state index contributed by atoms with van der Waals surface area (Å²) in [6.07, 6.45) is 1.58. The van der Waals surface area contributed by atoms with Gasteiger partial charge in [0.1, 0.15) is 12.0 Å². The maximum atomic E-state index is 13.4. The maximum Gasteiger partial charge on any atom is 0.355 e. The number of nitrogens with zero attached hydrogens (tertiary/aromatic N) is 4. The third-order valence-electron chi connectivity index (χ3n) is 5.30. The Kier molecular flexibility index (Phi) is 7.11. The summed E-state index contributed by atoms with van der Waals surface area (Å²) in [6, 6.07) is 14.3. The molecule has 0 saturated carbocycles. The lowest BCUT2D eigenvalue weighted by molar-refractivity contribution is -0.121. The van der Waals surface area contributed by atoms with Crippen molar-refractivity contribution in [3.8, 4) is 11.6 Å². The average Bonchev–Trinajstić information content (AvgIpc) is 3.36. The van der Waals surface area contributed by atoms with Crippen molar-refractivity contribution in [2.75, 3.05) is 5.32 Å². The van der Waals surface area contributed by atoms with Crippen molar-refractivity contribution in [3.63, 3.8) is 0 Å². The number of benzene rings is 2. The molecule has 4 aromatic rings. The number of carbonyl (C=O) groups is 1. The highest BCUT2D eigenvalue weighted by molar-refractivity contribution is 6.30. The smallest absolute Gasteiger partial charge is 0.355 e. The van der Waals surface area contributed by atoms with Crippen LogP contribution in [0.4, 0.5) is 11.6 Å². The number of nitrogens with one attached hydrogen (secondary N) is 1. The van der Waals surface area contributed by atoms with Crippen LogP contribution in [0.25, 0.3) is 0 Å². The van der Waals surface area contributed by atoms with Gasteiger partial charge in [-0.25, -0.2) is 14.2 Å². The van der Waals surface area contributed by atoms with Crippen molar-refractivity contribution in [3.05, 3.63) is 92.4 Å². The van der Waals surface area contributed by atoms with E-state index >= 15 is 0 Å². The molecule has 2 heterocycles. The van der Waals surface area contributed by atoms with Crippen LogP contribution in [0.1, 0.15) is 31.9 Å². The Balaban J connectivity index is 1.70. The molecule has 11 heteroatoms. The molecular formula is C24H22ClN5O5. The lowest BCUT2D eigenvalue weighted by atomic mass is 10.2. The third kappa shape index (κ3) is 5.49. The highest BCUT2D eigenvalue weighted by atomic mass is 35.5. The molecule has 0 radical (unpaired) electrons. The molecule has 180 valence electrons. The van der Waals surface area contributed by atoms with Crippen LogP contribution in [-0.4, -0.2) is 25.1 Å². The Bertz CT molecular complexity index is 1430. The summed E-state index contributed by atoms with van der Waals surface area (Å²) in [6.45, 7) is 3.30. The van der Waals surface area contributed by atoms with Gasteiger partial charge in [-0.2, -0.15) is 4.98 Å². The van der Waals surface area contributed by atoms with Crippen LogP contribution >= 0.6 is 11.6 Å². The summed E-state index contributed by atoms with van der Waals surface area (Å²) in [5, 5.41) is 7.26. The highest BCUT2D eigenvalue weighted by Gasteiger charge is 2.22. The first kappa shape index (κ1) is 24.0. The van der Waals surface area contributed by atoms with Gasteiger partial charge in [-0.1, -0.05) is 30.7 Å². The Morgan fingerprint density at radius 2 is 1.83 bits per heavy atom. The van der Waals surface area contributed by atoms with Gasteiger partial charge in [-0.15, -0.1) is 0 Å². The number of hydrogen-bond acceptors (Lipinski definition) is 8. The molecule has 1 N–H and O–H groups in total. The number of hydrogen-bond donors (Lipinski definition) is 1. The van der Waals surface area contributed by atoms with Gasteiger partial charge in [-0.05, 0) is 54.0 Å². The lowest BCUT2D eigenvalue weighted by Gasteiger charge is -2.18. The average molecular weight is 496 g/mol. The maximum absolute atomic E-state index is 13.4. The standard InChI is InChI=1S/C24H22ClN5O5/c1-3-20(31)15(2)30-23(32)27-22(29(24(30)33)14-16-4-6-17(25)7-5-16)26-18-8-10-19(11-9-18)35-21-12-13-34-28-21/h4-13,15H,3,14H2,1-2H3,(H,26,27,32)/t15-/m1/s1. The van der Waals surface area contributed by atoms with Crippen LogP contribution in [-0.2, 0) is 11.3 Å². The molecule has 35 heavy (non-hydrogen) atoms. The van der Waals surface area contributed by atoms with Crippen molar-refractivity contribution >= 4 is 29.0 Å². The van der Waals surface area contributed by atoms with E-state index in [2.05, 4.69) is 15.5 Å². The minimum absolute atomic E-state index is 0.0347. The first-order chi connectivity index (χ1) is 16.9. The molecule has 0 unspecified atom stereocenters. The van der Waals surface area contributed by atoms with Gasteiger partial charge < -0.3 is 14.6 Å². The third-order valence-corrected chi connectivity index (χ3v) is 5.55. The zero-order valence-electron chi connectivity index (χ0n) is 19.0. The van der Waals surface area contributed by atoms with Crippen molar-refractivity contribution in [2.24, 2.45) is 0 Å². The number of anilines is 2. The van der Waals surface area contributed by atoms with E-state index in [1.807, 2.05) is 0 Å². The van der Waals surface area contributed by atoms with Gasteiger partial charge in [0, 0.05) is 23.2 Å². The summed E-state index contributed by atoms with van der Waals surface area (Å²) in [5.74, 6) is 0.613. The van der Waals surface area contributed by atoms with Crippen LogP contribution in [0, 0.1) is 0 Å². The summed E-state index contributed by atoms with van der Waals surface area (Å²) in [4.78, 5) is 42.5. The largest absolute Gasteiger partial charge is 0.436 e. The van der Waals surface area contributed by atoms with Crippen molar-refractivity contribution < 1.29 is 14.1 Å². The number of ether oxygens (including phenoxy) is 1. The summed E-state index contributed by atoms with van der Waals surface area (Å²) >= 11 is 5.98. The fourth-order valence-electron chi connectivity index (χ4n) is 3.40. The fraction of sp³-hybridized carbons (Fsp3) is 0.208. The predicted octanol–water partition coefficient (Wildman–Crippen LogP) is 4.17. The Hall–Kier alpha value is -4.18. The second-order valence-electron chi connectivity index (χ2n) is 7.67. The summed E-state index contributed by atoms with van der Waals surface area (Å²) < 4.78 is 12.5. The number of rotatable bonds is 9. The quantitative estimate of drug-likeness (QED) is 0.367. The lowest BCUT2D eigenvalue weighted by Crippen LogP contribution is -2.45. The van der Waals surface area contributed by atoms with Gasteiger partial charge in [-0.3, -0.25) is 9.36 Å². The minimum Gasteiger partial charge on any atom is -0.436 e. The van der Waals surface area contributed by atoms with E-state index in [0.29, 0.717) is 22.3 Å². The number of carbonyl (C=O) groups excluding carboxylic acids is 1. The second-order valence-corrected chi connectivity index (χ2v) is 8.10. The van der Waals surface area contributed by atoms with E-state index in [0.717, 1.165) is 10.1 Å². The van der Waals surface area contributed by atoms with E-state index in [1.165, 1.54) is 17.8 Å². The van der Waals surface area contributed by atoms with Gasteiger partial charge in [0.25, 0.3) is 5.88 Å². The molecule has 10 nitrogen and oxygen atoms in total. The SMILES string of the molecule is CCC(=O)[C@@H](C)n1c(=O)nc(Nc2ccc(Oc3ccon3)cc2)n(Cc2ccc(Cl)cc2)c1=O. The fourth-order valence-corrected chi connectivity index (χ4v) is 3.52. The van der Waals surface area contributed by atoms with E-state index in [4.69, 9.17) is 20.9 Å². The van der Waals surface area contributed by atoms with Crippen molar-refractivity contribution in [1.82, 2.24) is 19.3 Å².